The lowest BCUT2D eigenvalue weighted by molar-refractivity contribution is -0.189. The molecule has 0 bridgehead atoms. The fourth-order valence-electron chi connectivity index (χ4n) is 0.654. The van der Waals surface area contributed by atoms with Crippen molar-refractivity contribution in [2.24, 2.45) is 0 Å². The van der Waals surface area contributed by atoms with E-state index in [4.69, 9.17) is 4.84 Å². The molecule has 0 aromatic carbocycles. The van der Waals surface area contributed by atoms with Crippen molar-refractivity contribution in [1.82, 2.24) is 5.06 Å². The van der Waals surface area contributed by atoms with Crippen LogP contribution in [-0.2, 0) is 9.63 Å². The Labute approximate surface area is 48.2 Å². The molecule has 0 aromatic heterocycles. The van der Waals surface area contributed by atoms with E-state index in [1.807, 2.05) is 0 Å². The van der Waals surface area contributed by atoms with Crippen molar-refractivity contribution >= 4 is 5.91 Å². The Bertz CT molecular complexity index is 103. The SMILES string of the molecule is CN1OCCCC1=O. The van der Waals surface area contributed by atoms with Crippen molar-refractivity contribution in [3.63, 3.8) is 0 Å². The van der Waals surface area contributed by atoms with Crippen molar-refractivity contribution in [2.45, 2.75) is 12.8 Å². The first-order valence-corrected chi connectivity index (χ1v) is 2.70. The van der Waals surface area contributed by atoms with Gasteiger partial charge in [-0.1, -0.05) is 0 Å². The molecule has 0 saturated carbocycles. The van der Waals surface area contributed by atoms with Crippen molar-refractivity contribution in [3.8, 4) is 0 Å². The number of carbonyl (C=O) groups is 1. The summed E-state index contributed by atoms with van der Waals surface area (Å²) >= 11 is 0. The fraction of sp³-hybridized carbons (Fsp3) is 0.800. The van der Waals surface area contributed by atoms with Crippen LogP contribution in [0.4, 0.5) is 0 Å². The van der Waals surface area contributed by atoms with Gasteiger partial charge in [-0.25, -0.2) is 5.06 Å². The molecule has 3 heteroatoms. The Balaban J connectivity index is 2.39. The summed E-state index contributed by atoms with van der Waals surface area (Å²) in [4.78, 5) is 15.5. The molecule has 0 radical (unpaired) electrons. The number of hydrogen-bond donors (Lipinski definition) is 0. The van der Waals surface area contributed by atoms with Gasteiger partial charge in [-0.05, 0) is 6.42 Å². The maximum Gasteiger partial charge on any atom is 0.245 e. The van der Waals surface area contributed by atoms with E-state index in [1.165, 1.54) is 5.06 Å². The summed E-state index contributed by atoms with van der Waals surface area (Å²) in [6.45, 7) is 0.683. The smallest absolute Gasteiger partial charge is 0.245 e. The standard InChI is InChI=1S/C5H9NO2/c1-6-5(7)3-2-4-8-6/h2-4H2,1H3. The van der Waals surface area contributed by atoms with Crippen LogP contribution in [0.2, 0.25) is 0 Å². The monoisotopic (exact) mass is 115 g/mol. The van der Waals surface area contributed by atoms with Crippen LogP contribution in [0.5, 0.6) is 0 Å². The number of hydrogen-bond acceptors (Lipinski definition) is 2. The van der Waals surface area contributed by atoms with Crippen LogP contribution >= 0.6 is 0 Å². The lowest BCUT2D eigenvalue weighted by Crippen LogP contribution is -2.31. The van der Waals surface area contributed by atoms with Gasteiger partial charge in [0, 0.05) is 13.5 Å². The molecule has 46 valence electrons. The third-order valence-corrected chi connectivity index (χ3v) is 1.17. The highest BCUT2D eigenvalue weighted by atomic mass is 16.7. The molecule has 8 heavy (non-hydrogen) atoms. The van der Waals surface area contributed by atoms with E-state index in [9.17, 15) is 4.79 Å². The van der Waals surface area contributed by atoms with Gasteiger partial charge in [0.25, 0.3) is 0 Å². The molecule has 0 N–H and O–H groups in total. The van der Waals surface area contributed by atoms with E-state index < -0.39 is 0 Å². The van der Waals surface area contributed by atoms with Crippen LogP contribution in [0, 0.1) is 0 Å². The van der Waals surface area contributed by atoms with Crippen molar-refractivity contribution in [2.75, 3.05) is 13.7 Å². The van der Waals surface area contributed by atoms with E-state index in [-0.39, 0.29) is 5.91 Å². The third kappa shape index (κ3) is 0.980. The van der Waals surface area contributed by atoms with E-state index in [0.717, 1.165) is 6.42 Å². The Kier molecular flexibility index (Phi) is 1.48. The molecular formula is C5H9NO2. The van der Waals surface area contributed by atoms with Crippen LogP contribution < -0.4 is 0 Å². The highest BCUT2D eigenvalue weighted by Crippen LogP contribution is 2.03. The quantitative estimate of drug-likeness (QED) is 0.450. The predicted molar refractivity (Wildman–Crippen MR) is 28.0 cm³/mol. The topological polar surface area (TPSA) is 29.5 Å². The summed E-state index contributed by atoms with van der Waals surface area (Å²) in [5, 5.41) is 1.30. The Morgan fingerprint density at radius 2 is 2.50 bits per heavy atom. The van der Waals surface area contributed by atoms with Gasteiger partial charge >= 0.3 is 0 Å². The molecule has 1 amide bonds. The van der Waals surface area contributed by atoms with E-state index in [0.29, 0.717) is 13.0 Å². The van der Waals surface area contributed by atoms with Gasteiger partial charge in [0.1, 0.15) is 0 Å². The molecule has 3 nitrogen and oxygen atoms in total. The van der Waals surface area contributed by atoms with Gasteiger partial charge in [0.2, 0.25) is 5.91 Å². The van der Waals surface area contributed by atoms with Gasteiger partial charge in [-0.3, -0.25) is 9.63 Å². The molecule has 0 aromatic rings. The zero-order valence-corrected chi connectivity index (χ0v) is 4.89. The number of rotatable bonds is 0. The first-order valence-electron chi connectivity index (χ1n) is 2.70. The first-order chi connectivity index (χ1) is 3.80. The largest absolute Gasteiger partial charge is 0.273 e. The van der Waals surface area contributed by atoms with E-state index >= 15 is 0 Å². The number of amides is 1. The Morgan fingerprint density at radius 1 is 1.75 bits per heavy atom. The number of nitrogens with zero attached hydrogens (tertiary/aromatic N) is 1. The summed E-state index contributed by atoms with van der Waals surface area (Å²) in [6.07, 6.45) is 1.50. The van der Waals surface area contributed by atoms with Crippen LogP contribution in [0.25, 0.3) is 0 Å². The Morgan fingerprint density at radius 3 is 2.88 bits per heavy atom. The highest BCUT2D eigenvalue weighted by Gasteiger charge is 2.13. The summed E-state index contributed by atoms with van der Waals surface area (Å²) < 4.78 is 0. The van der Waals surface area contributed by atoms with Gasteiger partial charge in [-0.15, -0.1) is 0 Å². The van der Waals surface area contributed by atoms with Gasteiger partial charge in [0.15, 0.2) is 0 Å². The second kappa shape index (κ2) is 2.13. The summed E-state index contributed by atoms with van der Waals surface area (Å²) in [5.74, 6) is 0.0799. The molecule has 1 aliphatic heterocycles. The maximum atomic E-state index is 10.6. The lowest BCUT2D eigenvalue weighted by Gasteiger charge is -2.20. The van der Waals surface area contributed by atoms with Crippen LogP contribution in [-0.4, -0.2) is 24.6 Å². The molecule has 1 heterocycles. The summed E-state index contributed by atoms with van der Waals surface area (Å²) in [5.41, 5.74) is 0. The van der Waals surface area contributed by atoms with Crippen LogP contribution in [0.1, 0.15) is 12.8 Å². The average molecular weight is 115 g/mol. The van der Waals surface area contributed by atoms with Gasteiger partial charge in [0.05, 0.1) is 6.61 Å². The lowest BCUT2D eigenvalue weighted by atomic mass is 10.3. The van der Waals surface area contributed by atoms with Crippen LogP contribution in [0.3, 0.4) is 0 Å². The third-order valence-electron chi connectivity index (χ3n) is 1.17. The second-order valence-electron chi connectivity index (χ2n) is 1.83. The van der Waals surface area contributed by atoms with E-state index in [1.54, 1.807) is 7.05 Å². The summed E-state index contributed by atoms with van der Waals surface area (Å²) in [7, 11) is 1.64. The van der Waals surface area contributed by atoms with Crippen LogP contribution in [0.15, 0.2) is 0 Å². The minimum atomic E-state index is 0.0799. The molecule has 1 saturated heterocycles. The van der Waals surface area contributed by atoms with Crippen molar-refractivity contribution in [3.05, 3.63) is 0 Å². The molecule has 1 rings (SSSR count). The minimum absolute atomic E-state index is 0.0799. The van der Waals surface area contributed by atoms with E-state index in [2.05, 4.69) is 0 Å². The normalized spacial score (nSPS) is 21.6. The molecule has 0 aliphatic carbocycles. The average Bonchev–Trinajstić information content (AvgIpc) is 1.77. The Hall–Kier alpha value is -0.570. The second-order valence-corrected chi connectivity index (χ2v) is 1.83. The molecule has 1 aliphatic rings. The van der Waals surface area contributed by atoms with Gasteiger partial charge in [-0.2, -0.15) is 0 Å². The first kappa shape index (κ1) is 5.56. The minimum Gasteiger partial charge on any atom is -0.273 e. The van der Waals surface area contributed by atoms with Crippen molar-refractivity contribution < 1.29 is 9.63 Å². The molecule has 0 spiro atoms. The van der Waals surface area contributed by atoms with Gasteiger partial charge < -0.3 is 0 Å². The maximum absolute atomic E-state index is 10.6. The zero-order valence-electron chi connectivity index (χ0n) is 4.89. The molecule has 1 fully saturated rings. The predicted octanol–water partition coefficient (Wildman–Crippen LogP) is 0.170. The number of carbonyl (C=O) groups excluding carboxylic acids is 1. The molecular weight excluding hydrogens is 106 g/mol. The fourth-order valence-corrected chi connectivity index (χ4v) is 0.654. The molecule has 0 unspecified atom stereocenters. The molecule has 0 atom stereocenters. The van der Waals surface area contributed by atoms with Crippen molar-refractivity contribution in [1.29, 1.82) is 0 Å². The zero-order chi connectivity index (χ0) is 5.98. The highest BCUT2D eigenvalue weighted by molar-refractivity contribution is 5.75. The summed E-state index contributed by atoms with van der Waals surface area (Å²) in [6, 6.07) is 0. The number of hydroxylamine groups is 2.